The van der Waals surface area contributed by atoms with Gasteiger partial charge in [0.15, 0.2) is 5.78 Å². The summed E-state index contributed by atoms with van der Waals surface area (Å²) >= 11 is 5.92. The lowest BCUT2D eigenvalue weighted by Gasteiger charge is -2.10. The summed E-state index contributed by atoms with van der Waals surface area (Å²) in [7, 11) is 1.41. The first-order chi connectivity index (χ1) is 12.1. The van der Waals surface area contributed by atoms with Crippen LogP contribution in [0.5, 0.6) is 5.75 Å². The summed E-state index contributed by atoms with van der Waals surface area (Å²) in [5, 5.41) is 13.7. The number of nitro benzene ring substituents is 1. The van der Waals surface area contributed by atoms with Gasteiger partial charge in [-0.25, -0.2) is 0 Å². The molecule has 0 saturated heterocycles. The minimum atomic E-state index is -4.71. The van der Waals surface area contributed by atoms with E-state index in [4.69, 9.17) is 16.3 Å². The number of nitrogens with one attached hydrogen (secondary N) is 1. The number of nitrogens with zero attached hydrogens (tertiary/aromatic N) is 1. The molecule has 0 aromatic heterocycles. The van der Waals surface area contributed by atoms with Crippen molar-refractivity contribution < 1.29 is 27.6 Å². The third-order valence-electron chi connectivity index (χ3n) is 3.43. The summed E-state index contributed by atoms with van der Waals surface area (Å²) in [6.45, 7) is -0.366. The second kappa shape index (κ2) is 7.61. The fourth-order valence-corrected chi connectivity index (χ4v) is 2.38. The van der Waals surface area contributed by atoms with Crippen LogP contribution in [0, 0.1) is 10.1 Å². The Balaban J connectivity index is 2.19. The highest BCUT2D eigenvalue weighted by Gasteiger charge is 2.33. The van der Waals surface area contributed by atoms with Crippen LogP contribution in [0.15, 0.2) is 36.4 Å². The molecule has 0 radical (unpaired) electrons. The number of ketones is 1. The van der Waals surface area contributed by atoms with E-state index in [1.807, 2.05) is 0 Å². The zero-order chi connectivity index (χ0) is 19.5. The zero-order valence-corrected chi connectivity index (χ0v) is 14.0. The molecule has 0 atom stereocenters. The highest BCUT2D eigenvalue weighted by Crippen LogP contribution is 2.35. The maximum atomic E-state index is 12.7. The number of carbonyl (C=O) groups excluding carboxylic acids is 1. The molecule has 0 bridgehead atoms. The minimum absolute atomic E-state index is 0.198. The van der Waals surface area contributed by atoms with Crippen molar-refractivity contribution in [2.45, 2.75) is 6.18 Å². The molecular formula is C16H12ClF3N2O4. The molecule has 6 nitrogen and oxygen atoms in total. The SMILES string of the molecule is COc1ccc(C(=O)CNc2ccc(C(F)(F)F)cc2[N+](=O)[O-])cc1Cl. The summed E-state index contributed by atoms with van der Waals surface area (Å²) in [6.07, 6.45) is -4.71. The fourth-order valence-electron chi connectivity index (χ4n) is 2.13. The van der Waals surface area contributed by atoms with E-state index in [0.29, 0.717) is 17.9 Å². The molecule has 138 valence electrons. The van der Waals surface area contributed by atoms with Gasteiger partial charge in [-0.05, 0) is 30.3 Å². The van der Waals surface area contributed by atoms with Crippen LogP contribution in [-0.4, -0.2) is 24.4 Å². The van der Waals surface area contributed by atoms with Gasteiger partial charge in [0.05, 0.1) is 29.2 Å². The molecule has 2 aromatic rings. The molecule has 0 heterocycles. The number of hydrogen-bond donors (Lipinski definition) is 1. The van der Waals surface area contributed by atoms with E-state index < -0.39 is 28.1 Å². The molecule has 0 aliphatic carbocycles. The third-order valence-corrected chi connectivity index (χ3v) is 3.73. The van der Waals surface area contributed by atoms with Gasteiger partial charge in [-0.3, -0.25) is 14.9 Å². The van der Waals surface area contributed by atoms with Gasteiger partial charge in [-0.15, -0.1) is 0 Å². The number of Topliss-reactive ketones (excluding diaryl/α,β-unsaturated/α-hetero) is 1. The van der Waals surface area contributed by atoms with Gasteiger partial charge in [-0.1, -0.05) is 11.6 Å². The number of hydrogen-bond acceptors (Lipinski definition) is 5. The van der Waals surface area contributed by atoms with Crippen molar-refractivity contribution in [3.63, 3.8) is 0 Å². The van der Waals surface area contributed by atoms with Crippen LogP contribution in [0.4, 0.5) is 24.5 Å². The number of benzene rings is 2. The Labute approximate surface area is 150 Å². The number of methoxy groups -OCH3 is 1. The van der Waals surface area contributed by atoms with E-state index in [-0.39, 0.29) is 22.8 Å². The van der Waals surface area contributed by atoms with Crippen LogP contribution in [0.2, 0.25) is 5.02 Å². The first kappa shape index (κ1) is 19.5. The highest BCUT2D eigenvalue weighted by atomic mass is 35.5. The zero-order valence-electron chi connectivity index (χ0n) is 13.3. The van der Waals surface area contributed by atoms with E-state index in [2.05, 4.69) is 5.32 Å². The topological polar surface area (TPSA) is 81.5 Å². The van der Waals surface area contributed by atoms with Gasteiger partial charge in [0, 0.05) is 11.6 Å². The Morgan fingerprint density at radius 1 is 1.27 bits per heavy atom. The predicted molar refractivity (Wildman–Crippen MR) is 88.9 cm³/mol. The van der Waals surface area contributed by atoms with Crippen LogP contribution < -0.4 is 10.1 Å². The third kappa shape index (κ3) is 4.42. The normalized spacial score (nSPS) is 11.1. The van der Waals surface area contributed by atoms with E-state index in [0.717, 1.165) is 6.07 Å². The highest BCUT2D eigenvalue weighted by molar-refractivity contribution is 6.32. The lowest BCUT2D eigenvalue weighted by Crippen LogP contribution is -2.15. The summed E-state index contributed by atoms with van der Waals surface area (Å²) < 4.78 is 43.0. The van der Waals surface area contributed by atoms with Crippen molar-refractivity contribution in [2.75, 3.05) is 19.0 Å². The van der Waals surface area contributed by atoms with Gasteiger partial charge < -0.3 is 10.1 Å². The van der Waals surface area contributed by atoms with E-state index in [9.17, 15) is 28.1 Å². The van der Waals surface area contributed by atoms with Crippen molar-refractivity contribution in [2.24, 2.45) is 0 Å². The summed E-state index contributed by atoms with van der Waals surface area (Å²) in [5.41, 5.74) is -1.91. The molecule has 0 amide bonds. The molecule has 26 heavy (non-hydrogen) atoms. The first-order valence-corrected chi connectivity index (χ1v) is 7.47. The van der Waals surface area contributed by atoms with Crippen LogP contribution in [-0.2, 0) is 6.18 Å². The molecular weight excluding hydrogens is 377 g/mol. The van der Waals surface area contributed by atoms with Crippen LogP contribution >= 0.6 is 11.6 Å². The first-order valence-electron chi connectivity index (χ1n) is 7.09. The number of anilines is 1. The molecule has 0 saturated carbocycles. The average molecular weight is 389 g/mol. The Hall–Kier alpha value is -2.81. The van der Waals surface area contributed by atoms with Crippen molar-refractivity contribution in [1.29, 1.82) is 0 Å². The van der Waals surface area contributed by atoms with Gasteiger partial charge in [0.25, 0.3) is 5.69 Å². The van der Waals surface area contributed by atoms with Gasteiger partial charge in [0.2, 0.25) is 0 Å². The number of ether oxygens (including phenoxy) is 1. The molecule has 0 unspecified atom stereocenters. The van der Waals surface area contributed by atoms with Crippen molar-refractivity contribution >= 4 is 28.8 Å². The quantitative estimate of drug-likeness (QED) is 0.445. The Morgan fingerprint density at radius 2 is 1.96 bits per heavy atom. The smallest absolute Gasteiger partial charge is 0.416 e. The largest absolute Gasteiger partial charge is 0.495 e. The Kier molecular flexibility index (Phi) is 5.71. The second-order valence-corrected chi connectivity index (χ2v) is 5.52. The summed E-state index contributed by atoms with van der Waals surface area (Å²) in [6, 6.07) is 6.33. The molecule has 1 N–H and O–H groups in total. The molecule has 0 fully saturated rings. The second-order valence-electron chi connectivity index (χ2n) is 5.11. The Bertz CT molecular complexity index is 856. The maximum absolute atomic E-state index is 12.7. The lowest BCUT2D eigenvalue weighted by molar-refractivity contribution is -0.384. The van der Waals surface area contributed by atoms with Crippen molar-refractivity contribution in [3.05, 3.63) is 62.7 Å². The number of carbonyl (C=O) groups is 1. The van der Waals surface area contributed by atoms with E-state index in [1.54, 1.807) is 0 Å². The van der Waals surface area contributed by atoms with Crippen molar-refractivity contribution in [3.8, 4) is 5.75 Å². The number of halogens is 4. The Morgan fingerprint density at radius 3 is 2.50 bits per heavy atom. The molecule has 0 aliphatic rings. The summed E-state index contributed by atoms with van der Waals surface area (Å²) in [5.74, 6) is -0.0849. The molecule has 2 rings (SSSR count). The monoisotopic (exact) mass is 388 g/mol. The lowest BCUT2D eigenvalue weighted by atomic mass is 10.1. The minimum Gasteiger partial charge on any atom is -0.495 e. The number of rotatable bonds is 6. The maximum Gasteiger partial charge on any atom is 0.416 e. The predicted octanol–water partition coefficient (Wildman–Crippen LogP) is 4.57. The van der Waals surface area contributed by atoms with E-state index >= 15 is 0 Å². The molecule has 0 aliphatic heterocycles. The van der Waals surface area contributed by atoms with Crippen LogP contribution in [0.1, 0.15) is 15.9 Å². The van der Waals surface area contributed by atoms with Crippen LogP contribution in [0.3, 0.4) is 0 Å². The van der Waals surface area contributed by atoms with Gasteiger partial charge in [-0.2, -0.15) is 13.2 Å². The fraction of sp³-hybridized carbons (Fsp3) is 0.188. The number of alkyl halides is 3. The average Bonchev–Trinajstić information content (AvgIpc) is 2.58. The molecule has 10 heteroatoms. The van der Waals surface area contributed by atoms with Crippen LogP contribution in [0.25, 0.3) is 0 Å². The standard InChI is InChI=1S/C16H12ClF3N2O4/c1-26-15-5-2-9(6-11(15)17)14(23)8-21-12-4-3-10(16(18,19)20)7-13(12)22(24)25/h2-7,21H,8H2,1H3. The van der Waals surface area contributed by atoms with Gasteiger partial charge in [0.1, 0.15) is 11.4 Å². The summed E-state index contributed by atoms with van der Waals surface area (Å²) in [4.78, 5) is 22.2. The van der Waals surface area contributed by atoms with E-state index in [1.165, 1.54) is 25.3 Å². The number of nitro groups is 1. The van der Waals surface area contributed by atoms with Gasteiger partial charge >= 0.3 is 6.18 Å². The molecule has 2 aromatic carbocycles. The van der Waals surface area contributed by atoms with Crippen molar-refractivity contribution in [1.82, 2.24) is 0 Å². The molecule has 0 spiro atoms.